The molecule has 88 valence electrons. The Kier molecular flexibility index (Phi) is 3.22. The SMILES string of the molecule is CC(C)(C)c1cc(C=O)nc(C(C)(C)C)c1. The number of aldehydes is 1. The van der Waals surface area contributed by atoms with E-state index in [1.165, 1.54) is 0 Å². The Balaban J connectivity index is 3.39. The molecule has 0 radical (unpaired) electrons. The topological polar surface area (TPSA) is 30.0 Å². The normalized spacial score (nSPS) is 12.6. The monoisotopic (exact) mass is 219 g/mol. The average molecular weight is 219 g/mol. The van der Waals surface area contributed by atoms with Crippen molar-refractivity contribution in [1.29, 1.82) is 0 Å². The fourth-order valence-corrected chi connectivity index (χ4v) is 1.43. The highest BCUT2D eigenvalue weighted by molar-refractivity contribution is 5.72. The van der Waals surface area contributed by atoms with Gasteiger partial charge in [-0.3, -0.25) is 4.79 Å². The Labute approximate surface area is 98.1 Å². The smallest absolute Gasteiger partial charge is 0.168 e. The summed E-state index contributed by atoms with van der Waals surface area (Å²) in [6, 6.07) is 3.98. The zero-order valence-electron chi connectivity index (χ0n) is 11.1. The standard InChI is InChI=1S/C14H21NO/c1-13(2,3)10-7-11(9-16)15-12(8-10)14(4,5)6/h7-9H,1-6H3. The molecule has 1 rings (SSSR count). The Bertz CT molecular complexity index is 362. The van der Waals surface area contributed by atoms with Crippen LogP contribution in [0.25, 0.3) is 0 Å². The molecule has 0 amide bonds. The molecule has 0 aromatic carbocycles. The number of aromatic nitrogens is 1. The summed E-state index contributed by atoms with van der Waals surface area (Å²) < 4.78 is 0. The Morgan fingerprint density at radius 3 is 1.94 bits per heavy atom. The second kappa shape index (κ2) is 4.00. The second-order valence-corrected chi connectivity index (χ2v) is 6.28. The minimum atomic E-state index is -0.0287. The molecule has 0 unspecified atom stereocenters. The zero-order valence-corrected chi connectivity index (χ0v) is 11.1. The van der Waals surface area contributed by atoms with Crippen LogP contribution in [0.2, 0.25) is 0 Å². The molecule has 0 saturated heterocycles. The molecule has 0 spiro atoms. The lowest BCUT2D eigenvalue weighted by atomic mass is 9.83. The molecular weight excluding hydrogens is 198 g/mol. The molecule has 0 N–H and O–H groups in total. The average Bonchev–Trinajstić information content (AvgIpc) is 2.14. The summed E-state index contributed by atoms with van der Waals surface area (Å²) in [4.78, 5) is 15.3. The minimum Gasteiger partial charge on any atom is -0.296 e. The first-order valence-corrected chi connectivity index (χ1v) is 5.63. The fraction of sp³-hybridized carbons (Fsp3) is 0.571. The van der Waals surface area contributed by atoms with Gasteiger partial charge in [-0.05, 0) is 23.1 Å². The molecule has 0 aliphatic rings. The van der Waals surface area contributed by atoms with Crippen LogP contribution < -0.4 is 0 Å². The summed E-state index contributed by atoms with van der Waals surface area (Å²) in [5, 5.41) is 0. The number of carbonyl (C=O) groups is 1. The molecule has 0 aliphatic heterocycles. The molecule has 0 aliphatic carbocycles. The van der Waals surface area contributed by atoms with Gasteiger partial charge in [0, 0.05) is 11.1 Å². The number of rotatable bonds is 1. The Morgan fingerprint density at radius 2 is 1.56 bits per heavy atom. The molecule has 0 bridgehead atoms. The van der Waals surface area contributed by atoms with E-state index in [1.54, 1.807) is 0 Å². The summed E-state index contributed by atoms with van der Waals surface area (Å²) in [5.41, 5.74) is 2.67. The largest absolute Gasteiger partial charge is 0.296 e. The third kappa shape index (κ3) is 2.91. The maximum absolute atomic E-state index is 10.9. The quantitative estimate of drug-likeness (QED) is 0.677. The fourth-order valence-electron chi connectivity index (χ4n) is 1.43. The van der Waals surface area contributed by atoms with Crippen LogP contribution in [0.3, 0.4) is 0 Å². The molecule has 16 heavy (non-hydrogen) atoms. The molecule has 2 heteroatoms. The van der Waals surface area contributed by atoms with Gasteiger partial charge >= 0.3 is 0 Å². The van der Waals surface area contributed by atoms with E-state index in [0.29, 0.717) is 5.69 Å². The summed E-state index contributed by atoms with van der Waals surface area (Å²) in [7, 11) is 0. The highest BCUT2D eigenvalue weighted by Crippen LogP contribution is 2.27. The van der Waals surface area contributed by atoms with E-state index in [0.717, 1.165) is 17.5 Å². The summed E-state index contributed by atoms with van der Waals surface area (Å²) in [6.45, 7) is 12.7. The van der Waals surface area contributed by atoms with Gasteiger partial charge < -0.3 is 0 Å². The minimum absolute atomic E-state index is 0.0287. The van der Waals surface area contributed by atoms with Crippen LogP contribution in [-0.2, 0) is 10.8 Å². The van der Waals surface area contributed by atoms with Crippen molar-refractivity contribution in [3.05, 3.63) is 29.1 Å². The first-order chi connectivity index (χ1) is 7.14. The highest BCUT2D eigenvalue weighted by atomic mass is 16.1. The molecule has 0 atom stereocenters. The molecule has 1 heterocycles. The van der Waals surface area contributed by atoms with Gasteiger partial charge in [0.15, 0.2) is 6.29 Å². The van der Waals surface area contributed by atoms with Crippen LogP contribution in [0.1, 0.15) is 63.3 Å². The maximum Gasteiger partial charge on any atom is 0.168 e. The van der Waals surface area contributed by atoms with Crippen LogP contribution in [0.4, 0.5) is 0 Å². The lowest BCUT2D eigenvalue weighted by Crippen LogP contribution is -2.19. The number of pyridine rings is 1. The summed E-state index contributed by atoms with van der Waals surface area (Å²) >= 11 is 0. The van der Waals surface area contributed by atoms with Gasteiger partial charge in [-0.15, -0.1) is 0 Å². The predicted octanol–water partition coefficient (Wildman–Crippen LogP) is 3.49. The number of hydrogen-bond donors (Lipinski definition) is 0. The van der Waals surface area contributed by atoms with E-state index in [4.69, 9.17) is 0 Å². The molecule has 0 saturated carbocycles. The lowest BCUT2D eigenvalue weighted by Gasteiger charge is -2.24. The maximum atomic E-state index is 10.9. The van der Waals surface area contributed by atoms with E-state index >= 15 is 0 Å². The van der Waals surface area contributed by atoms with Gasteiger partial charge in [0.05, 0.1) is 0 Å². The zero-order chi connectivity index (χ0) is 12.6. The lowest BCUT2D eigenvalue weighted by molar-refractivity contribution is 0.111. The van der Waals surface area contributed by atoms with Crippen molar-refractivity contribution >= 4 is 6.29 Å². The van der Waals surface area contributed by atoms with Crippen molar-refractivity contribution in [1.82, 2.24) is 4.98 Å². The first-order valence-electron chi connectivity index (χ1n) is 5.63. The molecule has 1 aromatic heterocycles. The van der Waals surface area contributed by atoms with Crippen LogP contribution >= 0.6 is 0 Å². The number of hydrogen-bond acceptors (Lipinski definition) is 2. The molecule has 1 aromatic rings. The van der Waals surface area contributed by atoms with Gasteiger partial charge in [0.25, 0.3) is 0 Å². The van der Waals surface area contributed by atoms with Gasteiger partial charge in [0.2, 0.25) is 0 Å². The van der Waals surface area contributed by atoms with E-state index in [1.807, 2.05) is 6.07 Å². The molecule has 0 fully saturated rings. The third-order valence-electron chi connectivity index (χ3n) is 2.60. The highest BCUT2D eigenvalue weighted by Gasteiger charge is 2.21. The van der Waals surface area contributed by atoms with E-state index in [-0.39, 0.29) is 10.8 Å². The van der Waals surface area contributed by atoms with E-state index < -0.39 is 0 Å². The van der Waals surface area contributed by atoms with E-state index in [2.05, 4.69) is 52.6 Å². The van der Waals surface area contributed by atoms with Crippen LogP contribution in [0.5, 0.6) is 0 Å². The summed E-state index contributed by atoms with van der Waals surface area (Å²) in [5.74, 6) is 0. The second-order valence-electron chi connectivity index (χ2n) is 6.28. The van der Waals surface area contributed by atoms with Crippen molar-refractivity contribution in [2.24, 2.45) is 0 Å². The third-order valence-corrected chi connectivity index (χ3v) is 2.60. The Hall–Kier alpha value is -1.18. The summed E-state index contributed by atoms with van der Waals surface area (Å²) in [6.07, 6.45) is 0.824. The van der Waals surface area contributed by atoms with Crippen molar-refractivity contribution in [3.8, 4) is 0 Å². The number of carbonyl (C=O) groups excluding carboxylic acids is 1. The first kappa shape index (κ1) is 12.9. The molecular formula is C14H21NO. The van der Waals surface area contributed by atoms with Crippen molar-refractivity contribution < 1.29 is 4.79 Å². The predicted molar refractivity (Wildman–Crippen MR) is 67.0 cm³/mol. The van der Waals surface area contributed by atoms with Gasteiger partial charge in [-0.2, -0.15) is 0 Å². The van der Waals surface area contributed by atoms with E-state index in [9.17, 15) is 4.79 Å². The Morgan fingerprint density at radius 1 is 1.00 bits per heavy atom. The van der Waals surface area contributed by atoms with Crippen molar-refractivity contribution in [2.45, 2.75) is 52.4 Å². The van der Waals surface area contributed by atoms with Gasteiger partial charge in [-0.1, -0.05) is 41.5 Å². The van der Waals surface area contributed by atoms with Crippen molar-refractivity contribution in [3.63, 3.8) is 0 Å². The van der Waals surface area contributed by atoms with Crippen molar-refractivity contribution in [2.75, 3.05) is 0 Å². The van der Waals surface area contributed by atoms with Gasteiger partial charge in [0.1, 0.15) is 5.69 Å². The van der Waals surface area contributed by atoms with Crippen LogP contribution in [0, 0.1) is 0 Å². The molecule has 2 nitrogen and oxygen atoms in total. The number of nitrogens with zero attached hydrogens (tertiary/aromatic N) is 1. The van der Waals surface area contributed by atoms with Crippen LogP contribution in [0.15, 0.2) is 12.1 Å². The van der Waals surface area contributed by atoms with Crippen LogP contribution in [-0.4, -0.2) is 11.3 Å². The van der Waals surface area contributed by atoms with Gasteiger partial charge in [-0.25, -0.2) is 4.98 Å².